The molecule has 0 aromatic carbocycles. The van der Waals surface area contributed by atoms with Crippen molar-refractivity contribution >= 4 is 22.9 Å². The van der Waals surface area contributed by atoms with E-state index in [1.54, 1.807) is 11.3 Å². The van der Waals surface area contributed by atoms with Crippen LogP contribution in [0.3, 0.4) is 0 Å². The van der Waals surface area contributed by atoms with Gasteiger partial charge in [-0.25, -0.2) is 4.98 Å². The maximum Gasteiger partial charge on any atom is 0.110 e. The Labute approximate surface area is 118 Å². The minimum atomic E-state index is 0.254. The van der Waals surface area contributed by atoms with Crippen molar-refractivity contribution in [1.29, 1.82) is 0 Å². The van der Waals surface area contributed by atoms with E-state index < -0.39 is 0 Å². The summed E-state index contributed by atoms with van der Waals surface area (Å²) in [6.45, 7) is 3.51. The largest absolute Gasteiger partial charge is 0.395 e. The highest BCUT2D eigenvalue weighted by Crippen LogP contribution is 2.32. The average Bonchev–Trinajstić information content (AvgIpc) is 2.89. The summed E-state index contributed by atoms with van der Waals surface area (Å²) >= 11 is 7.51. The van der Waals surface area contributed by atoms with Crippen molar-refractivity contribution < 1.29 is 5.11 Å². The van der Waals surface area contributed by atoms with Gasteiger partial charge in [-0.3, -0.25) is 4.90 Å². The van der Waals surface area contributed by atoms with E-state index in [-0.39, 0.29) is 6.61 Å². The normalized spacial score (nSPS) is 23.2. The molecule has 3 nitrogen and oxygen atoms in total. The monoisotopic (exact) mass is 288 g/mol. The molecule has 1 aromatic heterocycles. The standard InChI is InChI=1S/C13H21ClN2OS/c1-2-12(13-15-10(7-14)9-18-13)16-6-4-3-5-11(16)8-17/h9,11-12,17H,2-8H2,1H3. The fraction of sp³-hybridized carbons (Fsp3) is 0.769. The maximum absolute atomic E-state index is 9.52. The lowest BCUT2D eigenvalue weighted by Gasteiger charge is -2.39. The van der Waals surface area contributed by atoms with Crippen LogP contribution in [0.1, 0.15) is 49.4 Å². The predicted octanol–water partition coefficient (Wildman–Crippen LogP) is 3.18. The summed E-state index contributed by atoms with van der Waals surface area (Å²) in [5.41, 5.74) is 0.965. The number of piperidine rings is 1. The number of halogens is 1. The SMILES string of the molecule is CCC(c1nc(CCl)cs1)N1CCCCC1CO. The van der Waals surface area contributed by atoms with E-state index in [2.05, 4.69) is 16.8 Å². The van der Waals surface area contributed by atoms with Crippen LogP contribution in [0.2, 0.25) is 0 Å². The quantitative estimate of drug-likeness (QED) is 0.846. The molecule has 0 aliphatic carbocycles. The Morgan fingerprint density at radius 1 is 1.61 bits per heavy atom. The highest BCUT2D eigenvalue weighted by Gasteiger charge is 2.29. The zero-order valence-electron chi connectivity index (χ0n) is 10.8. The van der Waals surface area contributed by atoms with Crippen LogP contribution in [0.15, 0.2) is 5.38 Å². The van der Waals surface area contributed by atoms with Gasteiger partial charge in [0.1, 0.15) is 5.01 Å². The summed E-state index contributed by atoms with van der Waals surface area (Å²) in [7, 11) is 0. The average molecular weight is 289 g/mol. The summed E-state index contributed by atoms with van der Waals surface area (Å²) in [6, 6.07) is 0.636. The molecule has 0 radical (unpaired) electrons. The highest BCUT2D eigenvalue weighted by atomic mass is 35.5. The van der Waals surface area contributed by atoms with Crippen molar-refractivity contribution in [2.75, 3.05) is 13.2 Å². The smallest absolute Gasteiger partial charge is 0.110 e. The molecule has 2 unspecified atom stereocenters. The van der Waals surface area contributed by atoms with Crippen molar-refractivity contribution in [2.24, 2.45) is 0 Å². The number of aliphatic hydroxyl groups excluding tert-OH is 1. The van der Waals surface area contributed by atoms with Gasteiger partial charge in [0.15, 0.2) is 0 Å². The molecule has 2 rings (SSSR count). The first kappa shape index (κ1) is 14.3. The second kappa shape index (κ2) is 6.85. The van der Waals surface area contributed by atoms with Gasteiger partial charge in [0.05, 0.1) is 24.2 Å². The van der Waals surface area contributed by atoms with Crippen LogP contribution in [-0.4, -0.2) is 34.2 Å². The second-order valence-corrected chi connectivity index (χ2v) is 5.96. The molecule has 2 heterocycles. The van der Waals surface area contributed by atoms with Gasteiger partial charge in [0, 0.05) is 11.4 Å². The van der Waals surface area contributed by atoms with Crippen LogP contribution in [0.25, 0.3) is 0 Å². The second-order valence-electron chi connectivity index (χ2n) is 4.80. The van der Waals surface area contributed by atoms with E-state index in [1.807, 2.05) is 5.38 Å². The number of thiazole rings is 1. The van der Waals surface area contributed by atoms with Gasteiger partial charge < -0.3 is 5.11 Å². The first-order chi connectivity index (χ1) is 8.80. The number of hydrogen-bond acceptors (Lipinski definition) is 4. The van der Waals surface area contributed by atoms with Crippen molar-refractivity contribution in [2.45, 2.75) is 50.6 Å². The van der Waals surface area contributed by atoms with Crippen LogP contribution >= 0.6 is 22.9 Å². The lowest BCUT2D eigenvalue weighted by molar-refractivity contribution is 0.0506. The summed E-state index contributed by atoms with van der Waals surface area (Å²) in [6.07, 6.45) is 4.58. The molecule has 0 spiro atoms. The van der Waals surface area contributed by atoms with Gasteiger partial charge in [0.2, 0.25) is 0 Å². The molecule has 0 saturated carbocycles. The zero-order chi connectivity index (χ0) is 13.0. The summed E-state index contributed by atoms with van der Waals surface area (Å²) in [5, 5.41) is 12.7. The minimum absolute atomic E-state index is 0.254. The number of hydrogen-bond donors (Lipinski definition) is 1. The van der Waals surface area contributed by atoms with Gasteiger partial charge in [-0.05, 0) is 25.8 Å². The molecular weight excluding hydrogens is 268 g/mol. The third-order valence-electron chi connectivity index (χ3n) is 3.66. The molecule has 0 bridgehead atoms. The number of rotatable bonds is 5. The van der Waals surface area contributed by atoms with Gasteiger partial charge >= 0.3 is 0 Å². The molecular formula is C13H21ClN2OS. The summed E-state index contributed by atoms with van der Waals surface area (Å²) in [5.74, 6) is 0.483. The Kier molecular flexibility index (Phi) is 5.42. The molecule has 1 aliphatic heterocycles. The summed E-state index contributed by atoms with van der Waals surface area (Å²) in [4.78, 5) is 7.04. The molecule has 0 amide bonds. The molecule has 1 fully saturated rings. The Balaban J connectivity index is 2.15. The van der Waals surface area contributed by atoms with Gasteiger partial charge in [-0.15, -0.1) is 22.9 Å². The van der Waals surface area contributed by atoms with Crippen LogP contribution in [0.5, 0.6) is 0 Å². The van der Waals surface area contributed by atoms with Crippen LogP contribution in [0, 0.1) is 0 Å². The van der Waals surface area contributed by atoms with Gasteiger partial charge in [0.25, 0.3) is 0 Å². The number of aromatic nitrogens is 1. The Hall–Kier alpha value is -0.160. The topological polar surface area (TPSA) is 36.4 Å². The van der Waals surface area contributed by atoms with E-state index in [0.717, 1.165) is 30.1 Å². The third kappa shape index (κ3) is 3.05. The molecule has 1 aromatic rings. The molecule has 2 atom stereocenters. The van der Waals surface area contributed by atoms with Crippen LogP contribution in [-0.2, 0) is 5.88 Å². The minimum Gasteiger partial charge on any atom is -0.395 e. The Bertz CT molecular complexity index is 372. The maximum atomic E-state index is 9.52. The zero-order valence-corrected chi connectivity index (χ0v) is 12.4. The highest BCUT2D eigenvalue weighted by molar-refractivity contribution is 7.09. The Morgan fingerprint density at radius 2 is 2.44 bits per heavy atom. The first-order valence-electron chi connectivity index (χ1n) is 6.67. The predicted molar refractivity (Wildman–Crippen MR) is 76.1 cm³/mol. The van der Waals surface area contributed by atoms with Crippen molar-refractivity contribution in [3.8, 4) is 0 Å². The molecule has 1 N–H and O–H groups in total. The number of aliphatic hydroxyl groups is 1. The number of nitrogens with zero attached hydrogens (tertiary/aromatic N) is 2. The molecule has 1 aliphatic rings. The van der Waals surface area contributed by atoms with E-state index in [0.29, 0.717) is 18.0 Å². The van der Waals surface area contributed by atoms with Crippen molar-refractivity contribution in [3.63, 3.8) is 0 Å². The fourth-order valence-electron chi connectivity index (χ4n) is 2.72. The van der Waals surface area contributed by atoms with Gasteiger partial charge in [-0.2, -0.15) is 0 Å². The summed E-state index contributed by atoms with van der Waals surface area (Å²) < 4.78 is 0. The molecule has 18 heavy (non-hydrogen) atoms. The number of likely N-dealkylation sites (tertiary alicyclic amines) is 1. The van der Waals surface area contributed by atoms with Gasteiger partial charge in [-0.1, -0.05) is 13.3 Å². The van der Waals surface area contributed by atoms with Crippen molar-refractivity contribution in [1.82, 2.24) is 9.88 Å². The van der Waals surface area contributed by atoms with Crippen LogP contribution < -0.4 is 0 Å². The molecule has 1 saturated heterocycles. The fourth-order valence-corrected chi connectivity index (χ4v) is 3.97. The molecule has 5 heteroatoms. The van der Waals surface area contributed by atoms with Crippen molar-refractivity contribution in [3.05, 3.63) is 16.1 Å². The Morgan fingerprint density at radius 3 is 3.06 bits per heavy atom. The third-order valence-corrected chi connectivity index (χ3v) is 4.93. The van der Waals surface area contributed by atoms with E-state index >= 15 is 0 Å². The lowest BCUT2D eigenvalue weighted by Crippen LogP contribution is -2.43. The lowest BCUT2D eigenvalue weighted by atomic mass is 9.99. The van der Waals surface area contributed by atoms with E-state index in [1.165, 1.54) is 12.8 Å². The number of alkyl halides is 1. The van der Waals surface area contributed by atoms with Crippen LogP contribution in [0.4, 0.5) is 0 Å². The molecule has 102 valence electrons. The van der Waals surface area contributed by atoms with E-state index in [9.17, 15) is 5.11 Å². The van der Waals surface area contributed by atoms with E-state index in [4.69, 9.17) is 11.6 Å². The first-order valence-corrected chi connectivity index (χ1v) is 8.08.